The van der Waals surface area contributed by atoms with Gasteiger partial charge in [0.05, 0.1) is 6.21 Å². The Bertz CT molecular complexity index is 695. The number of hydrogen-bond acceptors (Lipinski definition) is 3. The lowest BCUT2D eigenvalue weighted by atomic mass is 10.1. The van der Waals surface area contributed by atoms with Crippen molar-refractivity contribution in [1.29, 1.82) is 0 Å². The average Bonchev–Trinajstić information content (AvgIpc) is 3.02. The van der Waals surface area contributed by atoms with E-state index in [9.17, 15) is 9.90 Å². The lowest BCUT2D eigenvalue weighted by molar-refractivity contribution is -0.129. The lowest BCUT2D eigenvalue weighted by Crippen LogP contribution is -2.25. The van der Waals surface area contributed by atoms with Crippen molar-refractivity contribution >= 4 is 12.1 Å². The van der Waals surface area contributed by atoms with E-state index >= 15 is 0 Å². The van der Waals surface area contributed by atoms with Gasteiger partial charge in [-0.25, -0.2) is 5.43 Å². The standard InChI is InChI=1S/C18H18N2O2/c21-17(15-5-2-1-3-6-15)18(22)20-19-12-13-9-10-14-7-4-8-16(14)11-13/h1-3,5-6,9-12,17,21H,4,7-8H2,(H,20,22). The van der Waals surface area contributed by atoms with Gasteiger partial charge in [0.15, 0.2) is 6.10 Å². The minimum atomic E-state index is -1.21. The van der Waals surface area contributed by atoms with Gasteiger partial charge in [-0.3, -0.25) is 4.79 Å². The molecule has 1 aliphatic carbocycles. The van der Waals surface area contributed by atoms with E-state index in [-0.39, 0.29) is 0 Å². The molecule has 1 amide bonds. The van der Waals surface area contributed by atoms with Crippen molar-refractivity contribution in [3.8, 4) is 0 Å². The van der Waals surface area contributed by atoms with Crippen molar-refractivity contribution in [2.75, 3.05) is 0 Å². The summed E-state index contributed by atoms with van der Waals surface area (Å²) in [6.07, 6.45) is 3.85. The number of aryl methyl sites for hydroxylation is 2. The first kappa shape index (κ1) is 14.5. The monoisotopic (exact) mass is 294 g/mol. The number of carbonyl (C=O) groups excluding carboxylic acids is 1. The van der Waals surface area contributed by atoms with E-state index in [4.69, 9.17) is 0 Å². The maximum atomic E-state index is 11.8. The van der Waals surface area contributed by atoms with Gasteiger partial charge >= 0.3 is 0 Å². The molecule has 0 aliphatic heterocycles. The molecule has 2 N–H and O–H groups in total. The van der Waals surface area contributed by atoms with Crippen LogP contribution in [0.25, 0.3) is 0 Å². The van der Waals surface area contributed by atoms with Crippen molar-refractivity contribution in [3.05, 3.63) is 70.8 Å². The Hall–Kier alpha value is -2.46. The van der Waals surface area contributed by atoms with Crippen molar-refractivity contribution in [3.63, 3.8) is 0 Å². The van der Waals surface area contributed by atoms with Crippen LogP contribution in [0.5, 0.6) is 0 Å². The molecule has 0 bridgehead atoms. The molecule has 0 saturated heterocycles. The average molecular weight is 294 g/mol. The highest BCUT2D eigenvalue weighted by Gasteiger charge is 2.16. The molecule has 1 atom stereocenters. The third-order valence-electron chi connectivity index (χ3n) is 3.87. The predicted molar refractivity (Wildman–Crippen MR) is 85.6 cm³/mol. The minimum absolute atomic E-state index is 0.538. The Morgan fingerprint density at radius 3 is 2.73 bits per heavy atom. The maximum absolute atomic E-state index is 11.8. The van der Waals surface area contributed by atoms with E-state index in [0.717, 1.165) is 18.4 Å². The predicted octanol–water partition coefficient (Wildman–Crippen LogP) is 2.36. The molecule has 0 heterocycles. The smallest absolute Gasteiger partial charge is 0.273 e. The molecule has 3 rings (SSSR count). The molecule has 4 heteroatoms. The van der Waals surface area contributed by atoms with Gasteiger partial charge in [0.1, 0.15) is 0 Å². The van der Waals surface area contributed by atoms with Crippen molar-refractivity contribution in [2.24, 2.45) is 5.10 Å². The van der Waals surface area contributed by atoms with E-state index < -0.39 is 12.0 Å². The molecule has 1 aliphatic rings. The molecule has 22 heavy (non-hydrogen) atoms. The van der Waals surface area contributed by atoms with E-state index in [2.05, 4.69) is 22.7 Å². The normalized spacial score (nSPS) is 14.8. The highest BCUT2D eigenvalue weighted by atomic mass is 16.3. The number of fused-ring (bicyclic) bond motifs is 1. The SMILES string of the molecule is O=C(NN=Cc1ccc2c(c1)CCC2)C(O)c1ccccc1. The van der Waals surface area contributed by atoms with Crippen LogP contribution in [0, 0.1) is 0 Å². The van der Waals surface area contributed by atoms with Crippen LogP contribution in [0.2, 0.25) is 0 Å². The number of carbonyl (C=O) groups is 1. The van der Waals surface area contributed by atoms with E-state index in [0.29, 0.717) is 5.56 Å². The lowest BCUT2D eigenvalue weighted by Gasteiger charge is -2.08. The summed E-state index contributed by atoms with van der Waals surface area (Å²) in [6.45, 7) is 0. The number of benzene rings is 2. The number of amides is 1. The molecule has 1 unspecified atom stereocenters. The first-order valence-corrected chi connectivity index (χ1v) is 7.42. The molecule has 2 aromatic carbocycles. The summed E-state index contributed by atoms with van der Waals surface area (Å²) in [5.74, 6) is -0.538. The van der Waals surface area contributed by atoms with Crippen LogP contribution in [0.4, 0.5) is 0 Å². The van der Waals surface area contributed by atoms with Gasteiger partial charge in [-0.1, -0.05) is 42.5 Å². The van der Waals surface area contributed by atoms with Gasteiger partial charge in [-0.15, -0.1) is 0 Å². The molecule has 2 aromatic rings. The third-order valence-corrected chi connectivity index (χ3v) is 3.87. The molecular formula is C18H18N2O2. The Morgan fingerprint density at radius 1 is 1.14 bits per heavy atom. The summed E-state index contributed by atoms with van der Waals surface area (Å²) in [5, 5.41) is 13.9. The maximum Gasteiger partial charge on any atom is 0.273 e. The van der Waals surface area contributed by atoms with Gasteiger partial charge in [0.2, 0.25) is 0 Å². The van der Waals surface area contributed by atoms with Crippen LogP contribution >= 0.6 is 0 Å². The van der Waals surface area contributed by atoms with Gasteiger partial charge in [0.25, 0.3) is 5.91 Å². The van der Waals surface area contributed by atoms with Crippen LogP contribution in [0.3, 0.4) is 0 Å². The van der Waals surface area contributed by atoms with Crippen LogP contribution in [0.1, 0.15) is 34.8 Å². The summed E-state index contributed by atoms with van der Waals surface area (Å²) in [6, 6.07) is 15.0. The molecule has 0 aromatic heterocycles. The zero-order valence-electron chi connectivity index (χ0n) is 12.2. The molecule has 0 fully saturated rings. The second-order valence-corrected chi connectivity index (χ2v) is 5.43. The largest absolute Gasteiger partial charge is 0.378 e. The Labute approximate surface area is 129 Å². The molecule has 0 spiro atoms. The molecule has 4 nitrogen and oxygen atoms in total. The quantitative estimate of drug-likeness (QED) is 0.671. The highest BCUT2D eigenvalue weighted by Crippen LogP contribution is 2.22. The summed E-state index contributed by atoms with van der Waals surface area (Å²) < 4.78 is 0. The summed E-state index contributed by atoms with van der Waals surface area (Å²) in [5.41, 5.74) is 6.64. The Balaban J connectivity index is 1.61. The van der Waals surface area contributed by atoms with Crippen LogP contribution in [-0.4, -0.2) is 17.2 Å². The third kappa shape index (κ3) is 3.23. The number of rotatable bonds is 4. The van der Waals surface area contributed by atoms with Crippen LogP contribution in [-0.2, 0) is 17.6 Å². The first-order valence-electron chi connectivity index (χ1n) is 7.42. The fourth-order valence-electron chi connectivity index (χ4n) is 2.69. The molecule has 0 saturated carbocycles. The minimum Gasteiger partial charge on any atom is -0.378 e. The molecule has 112 valence electrons. The fraction of sp³-hybridized carbons (Fsp3) is 0.222. The number of nitrogens with one attached hydrogen (secondary N) is 1. The fourth-order valence-corrected chi connectivity index (χ4v) is 2.69. The van der Waals surface area contributed by atoms with Gasteiger partial charge in [0, 0.05) is 0 Å². The number of aliphatic hydroxyl groups is 1. The zero-order valence-corrected chi connectivity index (χ0v) is 12.2. The molecule has 0 radical (unpaired) electrons. The van der Waals surface area contributed by atoms with E-state index in [1.807, 2.05) is 12.1 Å². The summed E-state index contributed by atoms with van der Waals surface area (Å²) in [7, 11) is 0. The first-order chi connectivity index (χ1) is 10.7. The molecular weight excluding hydrogens is 276 g/mol. The second kappa shape index (κ2) is 6.54. The van der Waals surface area contributed by atoms with Crippen LogP contribution < -0.4 is 5.43 Å². The number of aliphatic hydroxyl groups excluding tert-OH is 1. The van der Waals surface area contributed by atoms with Crippen LogP contribution in [0.15, 0.2) is 53.6 Å². The number of nitrogens with zero attached hydrogens (tertiary/aromatic N) is 1. The zero-order chi connectivity index (χ0) is 15.4. The Kier molecular flexibility index (Phi) is 4.30. The Morgan fingerprint density at radius 2 is 1.91 bits per heavy atom. The number of hydrazone groups is 1. The van der Waals surface area contributed by atoms with Crippen molar-refractivity contribution < 1.29 is 9.90 Å². The van der Waals surface area contributed by atoms with E-state index in [1.165, 1.54) is 17.5 Å². The van der Waals surface area contributed by atoms with Gasteiger partial charge in [-0.05, 0) is 47.6 Å². The van der Waals surface area contributed by atoms with E-state index in [1.54, 1.807) is 30.5 Å². The number of hydrogen-bond donors (Lipinski definition) is 2. The van der Waals surface area contributed by atoms with Gasteiger partial charge in [-0.2, -0.15) is 5.10 Å². The summed E-state index contributed by atoms with van der Waals surface area (Å²) in [4.78, 5) is 11.8. The highest BCUT2D eigenvalue weighted by molar-refractivity contribution is 5.85. The topological polar surface area (TPSA) is 61.7 Å². The second-order valence-electron chi connectivity index (χ2n) is 5.43. The van der Waals surface area contributed by atoms with Crippen molar-refractivity contribution in [1.82, 2.24) is 5.43 Å². The van der Waals surface area contributed by atoms with Gasteiger partial charge < -0.3 is 5.11 Å². The summed E-state index contributed by atoms with van der Waals surface area (Å²) >= 11 is 0. The van der Waals surface area contributed by atoms with Crippen molar-refractivity contribution in [2.45, 2.75) is 25.4 Å².